The number of nitrogens with zero attached hydrogens (tertiary/aromatic N) is 3. The monoisotopic (exact) mass is 279 g/mol. The van der Waals surface area contributed by atoms with Crippen molar-refractivity contribution in [2.24, 2.45) is 5.10 Å². The summed E-state index contributed by atoms with van der Waals surface area (Å²) in [6.45, 7) is 0. The van der Waals surface area contributed by atoms with Crippen molar-refractivity contribution in [1.82, 2.24) is 8.93 Å². The van der Waals surface area contributed by atoms with Gasteiger partial charge in [-0.3, -0.25) is 8.93 Å². The molecule has 0 radical (unpaired) electrons. The minimum Gasteiger partial charge on any atom is -0.271 e. The molecule has 0 aromatic rings. The smallest absolute Gasteiger partial charge is 0.231 e. The molecule has 1 aliphatic heterocycles. The molecule has 7 heteroatoms. The Bertz CT molecular complexity index is 168. The van der Waals surface area contributed by atoms with Crippen LogP contribution in [0.15, 0.2) is 5.10 Å². The van der Waals surface area contributed by atoms with E-state index in [0.29, 0.717) is 0 Å². The third kappa shape index (κ3) is 2.05. The number of hydrogen-bond acceptors (Lipinski definition) is 3. The van der Waals surface area contributed by atoms with Crippen LogP contribution in [0.3, 0.4) is 0 Å². The van der Waals surface area contributed by atoms with E-state index >= 15 is 0 Å². The number of alkyl halides is 3. The van der Waals surface area contributed by atoms with Gasteiger partial charge in [0.25, 0.3) is 0 Å². The molecule has 1 rings (SSSR count). The van der Waals surface area contributed by atoms with Gasteiger partial charge in [0.15, 0.2) is 6.17 Å². The summed E-state index contributed by atoms with van der Waals surface area (Å²) in [6, 6.07) is 0. The Hall–Kier alpha value is 0.620. The van der Waals surface area contributed by atoms with Crippen molar-refractivity contribution >= 4 is 57.3 Å². The van der Waals surface area contributed by atoms with E-state index in [9.17, 15) is 0 Å². The van der Waals surface area contributed by atoms with Crippen LogP contribution in [-0.4, -0.2) is 32.3 Å². The standard InChI is InChI=1S/C4H5BrCl3N3/c1-10-3(4(6,7)8)11(5)2-9-10/h2-3H,1H3. The zero-order valence-corrected chi connectivity index (χ0v) is 9.36. The first kappa shape index (κ1) is 9.71. The molecule has 1 aliphatic rings. The summed E-state index contributed by atoms with van der Waals surface area (Å²) in [6.07, 6.45) is 1.14. The number of hydrazone groups is 1. The van der Waals surface area contributed by atoms with Gasteiger partial charge >= 0.3 is 0 Å². The number of halogens is 4. The molecule has 0 saturated heterocycles. The van der Waals surface area contributed by atoms with E-state index in [1.54, 1.807) is 16.0 Å². The summed E-state index contributed by atoms with van der Waals surface area (Å²) >= 11 is 20.2. The van der Waals surface area contributed by atoms with Gasteiger partial charge < -0.3 is 0 Å². The van der Waals surface area contributed by atoms with Crippen LogP contribution in [0.25, 0.3) is 0 Å². The van der Waals surface area contributed by atoms with Crippen LogP contribution in [0.5, 0.6) is 0 Å². The van der Waals surface area contributed by atoms with Gasteiger partial charge in [-0.25, -0.2) is 0 Å². The third-order valence-corrected chi connectivity index (χ3v) is 2.38. The average molecular weight is 281 g/mol. The molecule has 0 bridgehead atoms. The lowest BCUT2D eigenvalue weighted by Crippen LogP contribution is -2.43. The predicted molar refractivity (Wildman–Crippen MR) is 51.1 cm³/mol. The molecule has 3 nitrogen and oxygen atoms in total. The Balaban J connectivity index is 2.74. The number of hydrogen-bond donors (Lipinski definition) is 0. The molecule has 0 aromatic heterocycles. The fourth-order valence-corrected chi connectivity index (χ4v) is 2.52. The van der Waals surface area contributed by atoms with E-state index in [0.717, 1.165) is 0 Å². The van der Waals surface area contributed by atoms with Crippen molar-refractivity contribution in [2.45, 2.75) is 9.96 Å². The molecule has 64 valence electrons. The van der Waals surface area contributed by atoms with Crippen LogP contribution in [0.1, 0.15) is 0 Å². The SMILES string of the molecule is CN1N=CN(Br)C1C(Cl)(Cl)Cl. The molecule has 0 saturated carbocycles. The molecular weight excluding hydrogens is 276 g/mol. The van der Waals surface area contributed by atoms with Crippen molar-refractivity contribution < 1.29 is 0 Å². The molecule has 0 aromatic carbocycles. The van der Waals surface area contributed by atoms with E-state index < -0.39 is 9.96 Å². The van der Waals surface area contributed by atoms with E-state index in [1.807, 2.05) is 0 Å². The van der Waals surface area contributed by atoms with Crippen LogP contribution in [0.2, 0.25) is 0 Å². The first-order chi connectivity index (χ1) is 4.93. The zero-order chi connectivity index (χ0) is 8.65. The Morgan fingerprint density at radius 3 is 2.27 bits per heavy atom. The van der Waals surface area contributed by atoms with Gasteiger partial charge in [0.1, 0.15) is 6.34 Å². The molecule has 0 aliphatic carbocycles. The molecule has 0 N–H and O–H groups in total. The minimum atomic E-state index is -1.38. The van der Waals surface area contributed by atoms with Gasteiger partial charge in [-0.2, -0.15) is 5.10 Å². The molecule has 0 fully saturated rings. The zero-order valence-electron chi connectivity index (χ0n) is 5.51. The predicted octanol–water partition coefficient (Wildman–Crippen LogP) is 2.18. The summed E-state index contributed by atoms with van der Waals surface area (Å²) in [4.78, 5) is 0. The maximum absolute atomic E-state index is 5.67. The Morgan fingerprint density at radius 2 is 2.09 bits per heavy atom. The van der Waals surface area contributed by atoms with Crippen molar-refractivity contribution in [2.75, 3.05) is 7.05 Å². The van der Waals surface area contributed by atoms with Crippen LogP contribution in [-0.2, 0) is 0 Å². The lowest BCUT2D eigenvalue weighted by molar-refractivity contribution is 0.228. The van der Waals surface area contributed by atoms with Gasteiger partial charge in [-0.1, -0.05) is 34.8 Å². The largest absolute Gasteiger partial charge is 0.271 e. The van der Waals surface area contributed by atoms with Gasteiger partial charge in [-0.05, 0) is 0 Å². The Labute approximate surface area is 88.2 Å². The van der Waals surface area contributed by atoms with E-state index in [-0.39, 0.29) is 0 Å². The minimum absolute atomic E-state index is 0.396. The average Bonchev–Trinajstić information content (AvgIpc) is 2.08. The highest BCUT2D eigenvalue weighted by Gasteiger charge is 2.41. The lowest BCUT2D eigenvalue weighted by atomic mass is 10.5. The number of rotatable bonds is 0. The topological polar surface area (TPSA) is 18.8 Å². The Kier molecular flexibility index (Phi) is 2.79. The normalized spacial score (nSPS) is 25.0. The van der Waals surface area contributed by atoms with E-state index in [1.165, 1.54) is 6.34 Å². The maximum Gasteiger partial charge on any atom is 0.231 e. The van der Waals surface area contributed by atoms with Crippen LogP contribution in [0.4, 0.5) is 0 Å². The van der Waals surface area contributed by atoms with Crippen LogP contribution in [0, 0.1) is 0 Å². The second-order valence-electron chi connectivity index (χ2n) is 2.06. The molecule has 1 heterocycles. The second kappa shape index (κ2) is 3.17. The van der Waals surface area contributed by atoms with E-state index in [2.05, 4.69) is 21.2 Å². The molecule has 11 heavy (non-hydrogen) atoms. The van der Waals surface area contributed by atoms with Crippen LogP contribution >= 0.6 is 51.0 Å². The van der Waals surface area contributed by atoms with Gasteiger partial charge in [0.05, 0.1) is 16.1 Å². The fraction of sp³-hybridized carbons (Fsp3) is 0.750. The lowest BCUT2D eigenvalue weighted by Gasteiger charge is -2.29. The van der Waals surface area contributed by atoms with Crippen molar-refractivity contribution in [3.63, 3.8) is 0 Å². The van der Waals surface area contributed by atoms with E-state index in [4.69, 9.17) is 34.8 Å². The van der Waals surface area contributed by atoms with Gasteiger partial charge in [-0.15, -0.1) is 0 Å². The highest BCUT2D eigenvalue weighted by molar-refractivity contribution is 9.07. The summed E-state index contributed by atoms with van der Waals surface area (Å²) in [7, 11) is 1.73. The molecule has 1 unspecified atom stereocenters. The maximum atomic E-state index is 5.67. The summed E-state index contributed by atoms with van der Waals surface area (Å²) in [5, 5.41) is 5.46. The quantitative estimate of drug-likeness (QED) is 0.501. The van der Waals surface area contributed by atoms with Gasteiger partial charge in [0.2, 0.25) is 3.79 Å². The summed E-state index contributed by atoms with van der Waals surface area (Å²) in [5.74, 6) is 0. The van der Waals surface area contributed by atoms with Gasteiger partial charge in [0, 0.05) is 7.05 Å². The second-order valence-corrected chi connectivity index (χ2v) is 5.25. The highest BCUT2D eigenvalue weighted by Crippen LogP contribution is 2.37. The third-order valence-electron chi connectivity index (χ3n) is 1.22. The summed E-state index contributed by atoms with van der Waals surface area (Å²) < 4.78 is 0.175. The Morgan fingerprint density at radius 1 is 1.55 bits per heavy atom. The fourth-order valence-electron chi connectivity index (χ4n) is 0.768. The van der Waals surface area contributed by atoms with Crippen molar-refractivity contribution in [3.05, 3.63) is 0 Å². The first-order valence-corrected chi connectivity index (χ1v) is 4.55. The molecular formula is C4H5BrCl3N3. The van der Waals surface area contributed by atoms with Crippen LogP contribution < -0.4 is 0 Å². The van der Waals surface area contributed by atoms with Crippen molar-refractivity contribution in [1.29, 1.82) is 0 Å². The summed E-state index contributed by atoms with van der Waals surface area (Å²) in [5.41, 5.74) is 0. The molecule has 1 atom stereocenters. The molecule has 0 amide bonds. The van der Waals surface area contributed by atoms with Crippen molar-refractivity contribution in [3.8, 4) is 0 Å². The first-order valence-electron chi connectivity index (χ1n) is 2.70. The molecule has 0 spiro atoms. The highest BCUT2D eigenvalue weighted by atomic mass is 79.9.